The molecule has 0 bridgehead atoms. The van der Waals surface area contributed by atoms with Crippen LogP contribution in [0.4, 0.5) is 10.5 Å². The molecule has 0 radical (unpaired) electrons. The van der Waals surface area contributed by atoms with E-state index in [4.69, 9.17) is 16.8 Å². The molecule has 0 aliphatic carbocycles. The van der Waals surface area contributed by atoms with Gasteiger partial charge in [0.15, 0.2) is 0 Å². The molecule has 146 valence electrons. The molecule has 2 unspecified atom stereocenters. The van der Waals surface area contributed by atoms with Crippen LogP contribution in [0.2, 0.25) is 5.02 Å². The molecule has 2 aromatic rings. The second kappa shape index (κ2) is 8.00. The Kier molecular flexibility index (Phi) is 5.67. The SMILES string of the molecule is Cc1ccc(CN2C(=O)N(c3ccc(Cl)cc3)C(=O)C2C(C)C(=O)NO)cc1. The minimum Gasteiger partial charge on any atom is -0.307 e. The quantitative estimate of drug-likeness (QED) is 0.457. The fraction of sp³-hybridized carbons (Fsp3) is 0.250. The lowest BCUT2D eigenvalue weighted by molar-refractivity contribution is -0.137. The average Bonchev–Trinajstić information content (AvgIpc) is 2.93. The first kappa shape index (κ1) is 19.9. The average molecular weight is 402 g/mol. The van der Waals surface area contributed by atoms with Crippen LogP contribution in [-0.2, 0) is 16.1 Å². The summed E-state index contributed by atoms with van der Waals surface area (Å²) in [6.45, 7) is 3.60. The normalized spacial score (nSPS) is 17.8. The van der Waals surface area contributed by atoms with Crippen LogP contribution in [0.15, 0.2) is 48.5 Å². The number of carbonyl (C=O) groups is 3. The maximum atomic E-state index is 13.1. The molecule has 1 saturated heterocycles. The number of halogens is 1. The zero-order chi connectivity index (χ0) is 20.4. The van der Waals surface area contributed by atoms with Crippen LogP contribution >= 0.6 is 11.6 Å². The topological polar surface area (TPSA) is 90.0 Å². The zero-order valence-corrected chi connectivity index (χ0v) is 16.2. The molecule has 4 amide bonds. The van der Waals surface area contributed by atoms with Crippen LogP contribution in [0, 0.1) is 12.8 Å². The third-order valence-corrected chi connectivity index (χ3v) is 5.05. The summed E-state index contributed by atoms with van der Waals surface area (Å²) in [6, 6.07) is 12.3. The van der Waals surface area contributed by atoms with Crippen LogP contribution < -0.4 is 10.4 Å². The van der Waals surface area contributed by atoms with Gasteiger partial charge < -0.3 is 4.90 Å². The number of aryl methyl sites for hydroxylation is 1. The van der Waals surface area contributed by atoms with E-state index in [-0.39, 0.29) is 6.54 Å². The molecule has 1 aliphatic heterocycles. The second-order valence-electron chi connectivity index (χ2n) is 6.76. The summed E-state index contributed by atoms with van der Waals surface area (Å²) in [5.74, 6) is -2.21. The van der Waals surface area contributed by atoms with Crippen LogP contribution in [-0.4, -0.2) is 34.0 Å². The predicted molar refractivity (Wildman–Crippen MR) is 104 cm³/mol. The van der Waals surface area contributed by atoms with Crippen LogP contribution in [0.25, 0.3) is 0 Å². The number of imide groups is 1. The molecular weight excluding hydrogens is 382 g/mol. The lowest BCUT2D eigenvalue weighted by atomic mass is 9.99. The molecule has 28 heavy (non-hydrogen) atoms. The molecule has 0 spiro atoms. The van der Waals surface area contributed by atoms with Crippen molar-refractivity contribution >= 4 is 35.1 Å². The van der Waals surface area contributed by atoms with E-state index in [0.29, 0.717) is 10.7 Å². The Bertz CT molecular complexity index is 899. The summed E-state index contributed by atoms with van der Waals surface area (Å²) in [5, 5.41) is 9.47. The number of amides is 4. The Morgan fingerprint density at radius 3 is 2.32 bits per heavy atom. The molecule has 3 rings (SSSR count). The van der Waals surface area contributed by atoms with Crippen molar-refractivity contribution in [1.82, 2.24) is 10.4 Å². The zero-order valence-electron chi connectivity index (χ0n) is 15.4. The summed E-state index contributed by atoms with van der Waals surface area (Å²) < 4.78 is 0. The van der Waals surface area contributed by atoms with E-state index < -0.39 is 29.8 Å². The van der Waals surface area contributed by atoms with Crippen molar-refractivity contribution in [2.24, 2.45) is 5.92 Å². The van der Waals surface area contributed by atoms with Crippen molar-refractivity contribution in [2.45, 2.75) is 26.4 Å². The summed E-state index contributed by atoms with van der Waals surface area (Å²) in [6.07, 6.45) is 0. The number of nitrogens with one attached hydrogen (secondary N) is 1. The number of benzene rings is 2. The van der Waals surface area contributed by atoms with E-state index in [1.54, 1.807) is 29.7 Å². The first-order valence-electron chi connectivity index (χ1n) is 8.73. The molecule has 1 aliphatic rings. The van der Waals surface area contributed by atoms with Gasteiger partial charge in [-0.3, -0.25) is 14.8 Å². The van der Waals surface area contributed by atoms with Crippen molar-refractivity contribution in [3.63, 3.8) is 0 Å². The predicted octanol–water partition coefficient (Wildman–Crippen LogP) is 3.13. The minimum absolute atomic E-state index is 0.155. The van der Waals surface area contributed by atoms with Crippen molar-refractivity contribution in [3.8, 4) is 0 Å². The first-order chi connectivity index (χ1) is 13.3. The number of carbonyl (C=O) groups excluding carboxylic acids is 3. The van der Waals surface area contributed by atoms with Crippen LogP contribution in [0.3, 0.4) is 0 Å². The molecule has 0 saturated carbocycles. The highest BCUT2D eigenvalue weighted by molar-refractivity contribution is 6.30. The van der Waals surface area contributed by atoms with Gasteiger partial charge in [0.2, 0.25) is 5.91 Å². The Labute approximate surface area is 167 Å². The van der Waals surface area contributed by atoms with E-state index >= 15 is 0 Å². The van der Waals surface area contributed by atoms with E-state index in [2.05, 4.69) is 0 Å². The summed E-state index contributed by atoms with van der Waals surface area (Å²) in [4.78, 5) is 40.6. The number of urea groups is 1. The standard InChI is InChI=1S/C20H20ClN3O4/c1-12-3-5-14(6-4-12)11-23-17(13(2)18(25)22-28)19(26)24(20(23)27)16-9-7-15(21)8-10-16/h3-10,13,17,28H,11H2,1-2H3,(H,22,25). The Morgan fingerprint density at radius 1 is 1.14 bits per heavy atom. The van der Waals surface area contributed by atoms with Crippen molar-refractivity contribution < 1.29 is 19.6 Å². The third kappa shape index (κ3) is 3.72. The molecular formula is C20H20ClN3O4. The molecule has 1 fully saturated rings. The maximum Gasteiger partial charge on any atom is 0.332 e. The number of hydrogen-bond donors (Lipinski definition) is 2. The van der Waals surface area contributed by atoms with Crippen molar-refractivity contribution in [2.75, 3.05) is 4.90 Å². The Morgan fingerprint density at radius 2 is 1.75 bits per heavy atom. The van der Waals surface area contributed by atoms with Gasteiger partial charge in [-0.1, -0.05) is 48.4 Å². The Hall–Kier alpha value is -2.90. The summed E-state index contributed by atoms with van der Waals surface area (Å²) in [7, 11) is 0. The Balaban J connectivity index is 1.98. The van der Waals surface area contributed by atoms with Gasteiger partial charge in [-0.15, -0.1) is 0 Å². The number of anilines is 1. The maximum absolute atomic E-state index is 13.1. The van der Waals surface area contributed by atoms with E-state index in [0.717, 1.165) is 16.0 Å². The molecule has 8 heteroatoms. The van der Waals surface area contributed by atoms with Gasteiger partial charge >= 0.3 is 6.03 Å². The molecule has 0 aromatic heterocycles. The fourth-order valence-corrected chi connectivity index (χ4v) is 3.35. The third-order valence-electron chi connectivity index (χ3n) is 4.80. The molecule has 7 nitrogen and oxygen atoms in total. The second-order valence-corrected chi connectivity index (χ2v) is 7.19. The summed E-state index contributed by atoms with van der Waals surface area (Å²) >= 11 is 5.90. The highest BCUT2D eigenvalue weighted by Crippen LogP contribution is 2.31. The lowest BCUT2D eigenvalue weighted by Gasteiger charge is -2.25. The van der Waals surface area contributed by atoms with Gasteiger partial charge in [0.05, 0.1) is 11.6 Å². The number of rotatable bonds is 5. The van der Waals surface area contributed by atoms with Gasteiger partial charge in [-0.25, -0.2) is 15.2 Å². The summed E-state index contributed by atoms with van der Waals surface area (Å²) in [5.41, 5.74) is 3.83. The highest BCUT2D eigenvalue weighted by Gasteiger charge is 2.49. The smallest absolute Gasteiger partial charge is 0.307 e. The highest BCUT2D eigenvalue weighted by atomic mass is 35.5. The molecule has 2 aromatic carbocycles. The van der Waals surface area contributed by atoms with Gasteiger partial charge in [0.1, 0.15) is 6.04 Å². The van der Waals surface area contributed by atoms with Gasteiger partial charge in [0, 0.05) is 11.6 Å². The van der Waals surface area contributed by atoms with E-state index in [9.17, 15) is 14.4 Å². The van der Waals surface area contributed by atoms with Gasteiger partial charge in [0.25, 0.3) is 5.91 Å². The first-order valence-corrected chi connectivity index (χ1v) is 9.11. The monoisotopic (exact) mass is 401 g/mol. The largest absolute Gasteiger partial charge is 0.332 e. The van der Waals surface area contributed by atoms with Crippen molar-refractivity contribution in [3.05, 3.63) is 64.7 Å². The van der Waals surface area contributed by atoms with Gasteiger partial charge in [-0.2, -0.15) is 0 Å². The fourth-order valence-electron chi connectivity index (χ4n) is 3.22. The van der Waals surface area contributed by atoms with E-state index in [1.807, 2.05) is 31.2 Å². The van der Waals surface area contributed by atoms with Gasteiger partial charge in [-0.05, 0) is 36.8 Å². The van der Waals surface area contributed by atoms with Crippen LogP contribution in [0.1, 0.15) is 18.1 Å². The van der Waals surface area contributed by atoms with Crippen LogP contribution in [0.5, 0.6) is 0 Å². The molecule has 2 N–H and O–H groups in total. The molecule has 1 heterocycles. The van der Waals surface area contributed by atoms with Crippen molar-refractivity contribution in [1.29, 1.82) is 0 Å². The number of hydrogen-bond acceptors (Lipinski definition) is 4. The minimum atomic E-state index is -1.04. The molecule has 2 atom stereocenters. The lowest BCUT2D eigenvalue weighted by Crippen LogP contribution is -2.45. The van der Waals surface area contributed by atoms with E-state index in [1.165, 1.54) is 11.8 Å². The number of nitrogens with zero attached hydrogens (tertiary/aromatic N) is 2. The number of hydroxylamine groups is 1.